The van der Waals surface area contributed by atoms with E-state index in [1.54, 1.807) is 32.2 Å². The van der Waals surface area contributed by atoms with Crippen LogP contribution in [-0.2, 0) is 4.74 Å². The Morgan fingerprint density at radius 3 is 2.48 bits per heavy atom. The van der Waals surface area contributed by atoms with E-state index >= 15 is 0 Å². The predicted octanol–water partition coefficient (Wildman–Crippen LogP) is 2.08. The first kappa shape index (κ1) is 17.3. The number of amides is 1. The minimum absolute atomic E-state index is 0.0412. The van der Waals surface area contributed by atoms with Crippen LogP contribution in [0.15, 0.2) is 18.2 Å². The Labute approximate surface area is 127 Å². The molecule has 118 valence electrons. The monoisotopic (exact) mass is 293 g/mol. The number of rotatable bonds is 7. The van der Waals surface area contributed by atoms with Crippen molar-refractivity contribution in [1.82, 2.24) is 4.90 Å². The number of carbonyl (C=O) groups is 1. The molecule has 21 heavy (non-hydrogen) atoms. The second kappa shape index (κ2) is 7.88. The molecule has 1 amide bonds. The molecule has 0 atom stereocenters. The topological polar surface area (TPSA) is 58.8 Å². The SMILES string of the molecule is COCCN(CC(C)C)c1ccc(C(=O)N(C)C)cc1N. The van der Waals surface area contributed by atoms with E-state index in [9.17, 15) is 4.79 Å². The van der Waals surface area contributed by atoms with Crippen molar-refractivity contribution in [3.63, 3.8) is 0 Å². The molecule has 1 aromatic rings. The van der Waals surface area contributed by atoms with Gasteiger partial charge in [0.25, 0.3) is 5.91 Å². The lowest BCUT2D eigenvalue weighted by atomic mass is 10.1. The number of hydrogen-bond acceptors (Lipinski definition) is 4. The molecule has 0 aliphatic heterocycles. The first-order valence-electron chi connectivity index (χ1n) is 7.21. The number of anilines is 2. The van der Waals surface area contributed by atoms with E-state index in [1.165, 1.54) is 0 Å². The van der Waals surface area contributed by atoms with Crippen molar-refractivity contribution in [2.45, 2.75) is 13.8 Å². The highest BCUT2D eigenvalue weighted by Crippen LogP contribution is 2.25. The fraction of sp³-hybridized carbons (Fsp3) is 0.562. The van der Waals surface area contributed by atoms with E-state index in [0.29, 0.717) is 23.8 Å². The van der Waals surface area contributed by atoms with Crippen LogP contribution in [-0.4, -0.2) is 51.7 Å². The number of nitrogen functional groups attached to an aromatic ring is 1. The molecule has 2 N–H and O–H groups in total. The average Bonchev–Trinajstić information content (AvgIpc) is 2.42. The molecule has 0 spiro atoms. The largest absolute Gasteiger partial charge is 0.397 e. The predicted molar refractivity (Wildman–Crippen MR) is 87.8 cm³/mol. The van der Waals surface area contributed by atoms with Crippen LogP contribution in [0.5, 0.6) is 0 Å². The second-order valence-corrected chi connectivity index (χ2v) is 5.81. The van der Waals surface area contributed by atoms with Crippen LogP contribution in [0.3, 0.4) is 0 Å². The van der Waals surface area contributed by atoms with Crippen LogP contribution < -0.4 is 10.6 Å². The maximum atomic E-state index is 12.0. The standard InChI is InChI=1S/C16H27N3O2/c1-12(2)11-19(8-9-21-5)15-7-6-13(10-14(15)17)16(20)18(3)4/h6-7,10,12H,8-9,11,17H2,1-5H3. The fourth-order valence-electron chi connectivity index (χ4n) is 2.19. The van der Waals surface area contributed by atoms with Gasteiger partial charge < -0.3 is 20.3 Å². The molecular weight excluding hydrogens is 266 g/mol. The van der Waals surface area contributed by atoms with Crippen LogP contribution in [0.2, 0.25) is 0 Å². The Bertz CT molecular complexity index is 473. The molecule has 1 rings (SSSR count). The molecule has 0 radical (unpaired) electrons. The summed E-state index contributed by atoms with van der Waals surface area (Å²) in [5.74, 6) is 0.477. The van der Waals surface area contributed by atoms with Crippen LogP contribution in [0.25, 0.3) is 0 Å². The molecule has 0 bridgehead atoms. The molecule has 0 fully saturated rings. The molecule has 0 aliphatic carbocycles. The van der Waals surface area contributed by atoms with Crippen molar-refractivity contribution in [2.75, 3.05) is 51.5 Å². The minimum atomic E-state index is -0.0412. The van der Waals surface area contributed by atoms with Crippen LogP contribution in [0, 0.1) is 5.92 Å². The Balaban J connectivity index is 3.01. The number of ether oxygens (including phenoxy) is 1. The molecule has 0 saturated heterocycles. The van der Waals surface area contributed by atoms with Crippen LogP contribution in [0.1, 0.15) is 24.2 Å². The number of nitrogens with zero attached hydrogens (tertiary/aromatic N) is 2. The summed E-state index contributed by atoms with van der Waals surface area (Å²) in [4.78, 5) is 15.7. The lowest BCUT2D eigenvalue weighted by molar-refractivity contribution is 0.0827. The van der Waals surface area contributed by atoms with E-state index < -0.39 is 0 Å². The van der Waals surface area contributed by atoms with E-state index in [0.717, 1.165) is 18.8 Å². The minimum Gasteiger partial charge on any atom is -0.397 e. The number of hydrogen-bond donors (Lipinski definition) is 1. The van der Waals surface area contributed by atoms with Gasteiger partial charge in [0, 0.05) is 39.9 Å². The lowest BCUT2D eigenvalue weighted by Crippen LogP contribution is -2.31. The Kier molecular flexibility index (Phi) is 6.49. The Morgan fingerprint density at radius 1 is 1.33 bits per heavy atom. The Hall–Kier alpha value is -1.75. The average molecular weight is 293 g/mol. The first-order valence-corrected chi connectivity index (χ1v) is 7.21. The highest BCUT2D eigenvalue weighted by atomic mass is 16.5. The highest BCUT2D eigenvalue weighted by Gasteiger charge is 2.14. The van der Waals surface area contributed by atoms with Gasteiger partial charge in [-0.05, 0) is 24.1 Å². The summed E-state index contributed by atoms with van der Waals surface area (Å²) >= 11 is 0. The van der Waals surface area contributed by atoms with Gasteiger partial charge >= 0.3 is 0 Å². The van der Waals surface area contributed by atoms with E-state index in [1.807, 2.05) is 12.1 Å². The van der Waals surface area contributed by atoms with Gasteiger partial charge in [0.2, 0.25) is 0 Å². The third-order valence-electron chi connectivity index (χ3n) is 3.17. The van der Waals surface area contributed by atoms with Gasteiger partial charge in [-0.25, -0.2) is 0 Å². The number of carbonyl (C=O) groups excluding carboxylic acids is 1. The molecule has 0 aliphatic rings. The van der Waals surface area contributed by atoms with Crippen molar-refractivity contribution in [3.05, 3.63) is 23.8 Å². The van der Waals surface area contributed by atoms with Crippen LogP contribution in [0.4, 0.5) is 11.4 Å². The first-order chi connectivity index (χ1) is 9.86. The van der Waals surface area contributed by atoms with Gasteiger partial charge in [-0.15, -0.1) is 0 Å². The number of methoxy groups -OCH3 is 1. The third kappa shape index (κ3) is 4.93. The number of benzene rings is 1. The smallest absolute Gasteiger partial charge is 0.253 e. The summed E-state index contributed by atoms with van der Waals surface area (Å²) in [5.41, 5.74) is 8.34. The highest BCUT2D eigenvalue weighted by molar-refractivity contribution is 5.95. The molecule has 0 saturated carbocycles. The second-order valence-electron chi connectivity index (χ2n) is 5.81. The van der Waals surface area contributed by atoms with Gasteiger partial charge in [0.05, 0.1) is 18.0 Å². The quantitative estimate of drug-likeness (QED) is 0.782. The zero-order valence-corrected chi connectivity index (χ0v) is 13.7. The molecule has 5 nitrogen and oxygen atoms in total. The van der Waals surface area contributed by atoms with Gasteiger partial charge in [0.1, 0.15) is 0 Å². The van der Waals surface area contributed by atoms with E-state index in [-0.39, 0.29) is 5.91 Å². The van der Waals surface area contributed by atoms with Gasteiger partial charge in [-0.2, -0.15) is 0 Å². The zero-order chi connectivity index (χ0) is 16.0. The molecule has 0 aromatic heterocycles. The van der Waals surface area contributed by atoms with Gasteiger partial charge in [-0.3, -0.25) is 4.79 Å². The summed E-state index contributed by atoms with van der Waals surface area (Å²) in [5, 5.41) is 0. The van der Waals surface area contributed by atoms with Crippen molar-refractivity contribution < 1.29 is 9.53 Å². The Morgan fingerprint density at radius 2 is 2.00 bits per heavy atom. The summed E-state index contributed by atoms with van der Waals surface area (Å²) in [6, 6.07) is 5.50. The molecular formula is C16H27N3O2. The van der Waals surface area contributed by atoms with Crippen molar-refractivity contribution in [3.8, 4) is 0 Å². The van der Waals surface area contributed by atoms with Crippen molar-refractivity contribution >= 4 is 17.3 Å². The van der Waals surface area contributed by atoms with Crippen molar-refractivity contribution in [1.29, 1.82) is 0 Å². The van der Waals surface area contributed by atoms with E-state index in [4.69, 9.17) is 10.5 Å². The molecule has 1 aromatic carbocycles. The zero-order valence-electron chi connectivity index (χ0n) is 13.7. The van der Waals surface area contributed by atoms with Gasteiger partial charge in [0.15, 0.2) is 0 Å². The molecule has 0 unspecified atom stereocenters. The maximum absolute atomic E-state index is 12.0. The third-order valence-corrected chi connectivity index (χ3v) is 3.17. The van der Waals surface area contributed by atoms with Crippen molar-refractivity contribution in [2.24, 2.45) is 5.92 Å². The number of nitrogens with two attached hydrogens (primary N) is 1. The molecule has 0 heterocycles. The van der Waals surface area contributed by atoms with Crippen LogP contribution >= 0.6 is 0 Å². The lowest BCUT2D eigenvalue weighted by Gasteiger charge is -2.28. The summed E-state index contributed by atoms with van der Waals surface area (Å²) in [6.07, 6.45) is 0. The summed E-state index contributed by atoms with van der Waals surface area (Å²) < 4.78 is 5.17. The normalized spacial score (nSPS) is 10.8. The summed E-state index contributed by atoms with van der Waals surface area (Å²) in [6.45, 7) is 6.65. The maximum Gasteiger partial charge on any atom is 0.253 e. The van der Waals surface area contributed by atoms with Gasteiger partial charge in [-0.1, -0.05) is 13.8 Å². The fourth-order valence-corrected chi connectivity index (χ4v) is 2.19. The van der Waals surface area contributed by atoms with E-state index in [2.05, 4.69) is 18.7 Å². The molecule has 5 heteroatoms. The summed E-state index contributed by atoms with van der Waals surface area (Å²) in [7, 11) is 5.15.